The van der Waals surface area contributed by atoms with Gasteiger partial charge < -0.3 is 24.8 Å². The number of hydrogen-bond donors (Lipinski definition) is 1. The Hall–Kier alpha value is -1.79. The first-order valence-corrected chi connectivity index (χ1v) is 8.03. The number of carbonyl (C=O) groups is 1. The van der Waals surface area contributed by atoms with Crippen molar-refractivity contribution in [3.8, 4) is 11.5 Å². The Morgan fingerprint density at radius 1 is 1.39 bits per heavy atom. The van der Waals surface area contributed by atoms with E-state index in [2.05, 4.69) is 0 Å². The van der Waals surface area contributed by atoms with Gasteiger partial charge in [-0.3, -0.25) is 4.79 Å². The number of nitrogens with two attached hydrogens (primary N) is 1. The summed E-state index contributed by atoms with van der Waals surface area (Å²) >= 11 is 0. The number of benzene rings is 1. The monoisotopic (exact) mass is 322 g/mol. The second kappa shape index (κ2) is 8.74. The van der Waals surface area contributed by atoms with E-state index in [1.807, 2.05) is 0 Å². The molecule has 1 heterocycles. The fraction of sp³-hybridized carbons (Fsp3) is 0.588. The van der Waals surface area contributed by atoms with E-state index < -0.39 is 0 Å². The van der Waals surface area contributed by atoms with E-state index >= 15 is 0 Å². The van der Waals surface area contributed by atoms with Crippen LogP contribution in [0.25, 0.3) is 0 Å². The van der Waals surface area contributed by atoms with Crippen molar-refractivity contribution < 1.29 is 19.0 Å². The Morgan fingerprint density at radius 3 is 2.87 bits per heavy atom. The van der Waals surface area contributed by atoms with Gasteiger partial charge in [0.15, 0.2) is 11.5 Å². The zero-order valence-electron chi connectivity index (χ0n) is 13.9. The minimum absolute atomic E-state index is 0.0561. The molecule has 6 nitrogen and oxygen atoms in total. The molecule has 1 atom stereocenters. The van der Waals surface area contributed by atoms with Crippen molar-refractivity contribution in [2.75, 3.05) is 40.5 Å². The average Bonchev–Trinajstić information content (AvgIpc) is 2.59. The molecule has 0 bridgehead atoms. The van der Waals surface area contributed by atoms with E-state index in [1.54, 1.807) is 37.3 Å². The molecule has 0 spiro atoms. The van der Waals surface area contributed by atoms with Gasteiger partial charge in [-0.05, 0) is 37.5 Å². The molecule has 1 aromatic rings. The highest BCUT2D eigenvalue weighted by Gasteiger charge is 2.20. The van der Waals surface area contributed by atoms with Crippen molar-refractivity contribution >= 4 is 5.91 Å². The van der Waals surface area contributed by atoms with Gasteiger partial charge in [0.25, 0.3) is 5.91 Å². The molecular formula is C17H26N2O4. The molecule has 2 rings (SSSR count). The lowest BCUT2D eigenvalue weighted by molar-refractivity contribution is -0.000193. The summed E-state index contributed by atoms with van der Waals surface area (Å²) < 4.78 is 16.5. The maximum atomic E-state index is 12.6. The third-order valence-corrected chi connectivity index (χ3v) is 3.88. The van der Waals surface area contributed by atoms with Gasteiger partial charge in [-0.25, -0.2) is 0 Å². The number of hydrogen-bond acceptors (Lipinski definition) is 5. The van der Waals surface area contributed by atoms with Crippen LogP contribution < -0.4 is 15.2 Å². The molecule has 2 N–H and O–H groups in total. The lowest BCUT2D eigenvalue weighted by Crippen LogP contribution is -2.37. The molecule has 1 aliphatic rings. The Labute approximate surface area is 137 Å². The van der Waals surface area contributed by atoms with Crippen molar-refractivity contribution in [3.05, 3.63) is 23.8 Å². The van der Waals surface area contributed by atoms with Crippen LogP contribution in [0.2, 0.25) is 0 Å². The van der Waals surface area contributed by atoms with Gasteiger partial charge in [0.05, 0.1) is 13.2 Å². The molecule has 0 aliphatic carbocycles. The van der Waals surface area contributed by atoms with Crippen LogP contribution in [0, 0.1) is 0 Å². The summed E-state index contributed by atoms with van der Waals surface area (Å²) in [6.45, 7) is 2.16. The van der Waals surface area contributed by atoms with E-state index in [0.717, 1.165) is 25.9 Å². The summed E-state index contributed by atoms with van der Waals surface area (Å²) in [6.07, 6.45) is 3.40. The maximum absolute atomic E-state index is 12.6. The van der Waals surface area contributed by atoms with Crippen LogP contribution in [-0.4, -0.2) is 57.4 Å². The predicted octanol–water partition coefficient (Wildman–Crippen LogP) is 1.67. The van der Waals surface area contributed by atoms with Gasteiger partial charge >= 0.3 is 0 Å². The first-order chi connectivity index (χ1) is 11.2. The SMILES string of the molecule is COc1ccc(C(=O)N(C)CC2CCCCO2)cc1OCCN. The van der Waals surface area contributed by atoms with Crippen molar-refractivity contribution in [2.24, 2.45) is 5.73 Å². The maximum Gasteiger partial charge on any atom is 0.253 e. The molecule has 0 aromatic heterocycles. The smallest absolute Gasteiger partial charge is 0.253 e. The highest BCUT2D eigenvalue weighted by molar-refractivity contribution is 5.94. The van der Waals surface area contributed by atoms with Crippen LogP contribution in [0.5, 0.6) is 11.5 Å². The number of likely N-dealkylation sites (N-methyl/N-ethyl adjacent to an activating group) is 1. The number of ether oxygens (including phenoxy) is 3. The normalized spacial score (nSPS) is 17.6. The van der Waals surface area contributed by atoms with Crippen LogP contribution >= 0.6 is 0 Å². The molecule has 6 heteroatoms. The zero-order chi connectivity index (χ0) is 16.7. The van der Waals surface area contributed by atoms with Gasteiger partial charge in [0.1, 0.15) is 6.61 Å². The van der Waals surface area contributed by atoms with E-state index in [9.17, 15) is 4.79 Å². The topological polar surface area (TPSA) is 74.0 Å². The standard InChI is InChI=1S/C17H26N2O4/c1-19(12-14-5-3-4-9-22-14)17(20)13-6-7-15(21-2)16(11-13)23-10-8-18/h6-7,11,14H,3-5,8-10,12,18H2,1-2H3. The fourth-order valence-electron chi connectivity index (χ4n) is 2.65. The molecule has 1 saturated heterocycles. The Balaban J connectivity index is 2.04. The summed E-state index contributed by atoms with van der Waals surface area (Å²) in [4.78, 5) is 14.3. The number of nitrogens with zero attached hydrogens (tertiary/aromatic N) is 1. The van der Waals surface area contributed by atoms with Crippen molar-refractivity contribution in [1.29, 1.82) is 0 Å². The molecule has 1 unspecified atom stereocenters. The Kier molecular flexibility index (Phi) is 6.67. The first-order valence-electron chi connectivity index (χ1n) is 8.03. The van der Waals surface area contributed by atoms with Gasteiger partial charge in [0, 0.05) is 32.3 Å². The highest BCUT2D eigenvalue weighted by atomic mass is 16.5. The van der Waals surface area contributed by atoms with Gasteiger partial charge in [-0.2, -0.15) is 0 Å². The van der Waals surface area contributed by atoms with Gasteiger partial charge in [-0.1, -0.05) is 0 Å². The summed E-state index contributed by atoms with van der Waals surface area (Å²) in [5, 5.41) is 0. The largest absolute Gasteiger partial charge is 0.493 e. The molecule has 1 aliphatic heterocycles. The van der Waals surface area contributed by atoms with E-state index in [0.29, 0.717) is 36.8 Å². The van der Waals surface area contributed by atoms with E-state index in [-0.39, 0.29) is 12.0 Å². The number of methoxy groups -OCH3 is 1. The Bertz CT molecular complexity index is 515. The molecule has 1 amide bonds. The van der Waals surface area contributed by atoms with E-state index in [1.165, 1.54) is 0 Å². The summed E-state index contributed by atoms with van der Waals surface area (Å²) in [5.74, 6) is 1.07. The third-order valence-electron chi connectivity index (χ3n) is 3.88. The zero-order valence-corrected chi connectivity index (χ0v) is 13.9. The fourth-order valence-corrected chi connectivity index (χ4v) is 2.65. The van der Waals surface area contributed by atoms with Crippen LogP contribution in [0.1, 0.15) is 29.6 Å². The van der Waals surface area contributed by atoms with Crippen LogP contribution in [0.4, 0.5) is 0 Å². The van der Waals surface area contributed by atoms with Crippen LogP contribution in [0.15, 0.2) is 18.2 Å². The summed E-state index contributed by atoms with van der Waals surface area (Å²) in [5.41, 5.74) is 6.03. The Morgan fingerprint density at radius 2 is 2.22 bits per heavy atom. The van der Waals surface area contributed by atoms with E-state index in [4.69, 9.17) is 19.9 Å². The molecular weight excluding hydrogens is 296 g/mol. The average molecular weight is 322 g/mol. The third kappa shape index (κ3) is 4.84. The molecule has 0 saturated carbocycles. The summed E-state index contributed by atoms with van der Waals surface area (Å²) in [7, 11) is 3.36. The summed E-state index contributed by atoms with van der Waals surface area (Å²) in [6, 6.07) is 5.19. The van der Waals surface area contributed by atoms with Gasteiger partial charge in [0.2, 0.25) is 0 Å². The minimum Gasteiger partial charge on any atom is -0.493 e. The van der Waals surface area contributed by atoms with Crippen molar-refractivity contribution in [3.63, 3.8) is 0 Å². The predicted molar refractivity (Wildman–Crippen MR) is 88.1 cm³/mol. The minimum atomic E-state index is -0.0561. The molecule has 1 aromatic carbocycles. The lowest BCUT2D eigenvalue weighted by Gasteiger charge is -2.27. The molecule has 128 valence electrons. The number of carbonyl (C=O) groups excluding carboxylic acids is 1. The first kappa shape index (κ1) is 17.6. The highest BCUT2D eigenvalue weighted by Crippen LogP contribution is 2.28. The molecule has 0 radical (unpaired) electrons. The second-order valence-corrected chi connectivity index (χ2v) is 5.68. The second-order valence-electron chi connectivity index (χ2n) is 5.68. The number of amides is 1. The number of rotatable bonds is 7. The van der Waals surface area contributed by atoms with Crippen molar-refractivity contribution in [2.45, 2.75) is 25.4 Å². The molecule has 1 fully saturated rings. The quantitative estimate of drug-likeness (QED) is 0.826. The van der Waals surface area contributed by atoms with Gasteiger partial charge in [-0.15, -0.1) is 0 Å². The lowest BCUT2D eigenvalue weighted by atomic mass is 10.1. The van der Waals surface area contributed by atoms with Crippen LogP contribution in [-0.2, 0) is 4.74 Å². The van der Waals surface area contributed by atoms with Crippen molar-refractivity contribution in [1.82, 2.24) is 4.90 Å². The van der Waals surface area contributed by atoms with Crippen LogP contribution in [0.3, 0.4) is 0 Å². The molecule has 23 heavy (non-hydrogen) atoms.